The first-order valence-corrected chi connectivity index (χ1v) is 5.04. The Morgan fingerprint density at radius 1 is 1.67 bits per heavy atom. The van der Waals surface area contributed by atoms with Gasteiger partial charge in [0.1, 0.15) is 5.56 Å². The lowest BCUT2D eigenvalue weighted by atomic mass is 10.3. The molecule has 0 aliphatic heterocycles. The second-order valence-electron chi connectivity index (χ2n) is 3.03. The van der Waals surface area contributed by atoms with Gasteiger partial charge in [0.2, 0.25) is 0 Å². The molecule has 0 spiro atoms. The molecule has 0 aliphatic carbocycles. The molecule has 6 nitrogen and oxygen atoms in total. The van der Waals surface area contributed by atoms with Crippen molar-refractivity contribution in [3.8, 4) is 0 Å². The predicted octanol–water partition coefficient (Wildman–Crippen LogP) is 0.790. The van der Waals surface area contributed by atoms with Crippen LogP contribution in [0.4, 0.5) is 0 Å². The number of carbonyl (C=O) groups is 1. The summed E-state index contributed by atoms with van der Waals surface area (Å²) < 4.78 is 5.27. The number of nitrogens with zero attached hydrogens (tertiary/aromatic N) is 4. The number of aryl methyl sites for hydroxylation is 1. The zero-order valence-electron chi connectivity index (χ0n) is 7.91. The molecule has 1 N–H and O–H groups in total. The zero-order valence-corrected chi connectivity index (χ0v) is 8.73. The molecule has 0 saturated carbocycles. The van der Waals surface area contributed by atoms with Gasteiger partial charge in [0.25, 0.3) is 0 Å². The Kier molecular flexibility index (Phi) is 2.46. The first-order valence-electron chi connectivity index (χ1n) is 4.20. The van der Waals surface area contributed by atoms with Crippen molar-refractivity contribution >= 4 is 17.5 Å². The van der Waals surface area contributed by atoms with E-state index in [2.05, 4.69) is 14.7 Å². The zero-order chi connectivity index (χ0) is 10.8. The van der Waals surface area contributed by atoms with E-state index in [1.165, 1.54) is 17.7 Å². The van der Waals surface area contributed by atoms with E-state index in [1.54, 1.807) is 17.0 Å². The van der Waals surface area contributed by atoms with Crippen LogP contribution >= 0.6 is 11.5 Å². The van der Waals surface area contributed by atoms with Crippen molar-refractivity contribution in [1.29, 1.82) is 0 Å². The van der Waals surface area contributed by atoms with Crippen molar-refractivity contribution in [2.45, 2.75) is 13.5 Å². The topological polar surface area (TPSA) is 80.9 Å². The summed E-state index contributed by atoms with van der Waals surface area (Å²) in [6.45, 7) is 2.11. The van der Waals surface area contributed by atoms with Crippen molar-refractivity contribution in [3.05, 3.63) is 28.5 Å². The Hall–Kier alpha value is -1.76. The van der Waals surface area contributed by atoms with Gasteiger partial charge in [-0.15, -0.1) is 5.10 Å². The predicted molar refractivity (Wildman–Crippen MR) is 52.9 cm³/mol. The molecule has 2 aromatic rings. The van der Waals surface area contributed by atoms with Crippen molar-refractivity contribution in [3.63, 3.8) is 0 Å². The average Bonchev–Trinajstić information content (AvgIpc) is 2.75. The van der Waals surface area contributed by atoms with Crippen LogP contribution in [0.5, 0.6) is 0 Å². The van der Waals surface area contributed by atoms with Crippen molar-refractivity contribution < 1.29 is 9.90 Å². The molecule has 2 rings (SSSR count). The highest BCUT2D eigenvalue weighted by atomic mass is 32.1. The third kappa shape index (κ3) is 2.01. The molecular formula is C8H8N4O2S. The van der Waals surface area contributed by atoms with Crippen LogP contribution in [0.3, 0.4) is 0 Å². The first kappa shape index (κ1) is 9.78. The number of hydrogen-bond donors (Lipinski definition) is 1. The van der Waals surface area contributed by atoms with E-state index in [1.807, 2.05) is 0 Å². The van der Waals surface area contributed by atoms with Gasteiger partial charge in [-0.05, 0) is 18.5 Å². The van der Waals surface area contributed by atoms with Crippen LogP contribution in [-0.2, 0) is 6.54 Å². The summed E-state index contributed by atoms with van der Waals surface area (Å²) in [4.78, 5) is 10.8. The second kappa shape index (κ2) is 3.77. The highest BCUT2D eigenvalue weighted by molar-refractivity contribution is 7.03. The van der Waals surface area contributed by atoms with Gasteiger partial charge in [-0.1, -0.05) is 4.49 Å². The monoisotopic (exact) mass is 224 g/mol. The summed E-state index contributed by atoms with van der Waals surface area (Å²) in [6.07, 6.45) is 1.50. The minimum Gasteiger partial charge on any atom is -0.478 e. The van der Waals surface area contributed by atoms with Gasteiger partial charge in [-0.3, -0.25) is 4.68 Å². The van der Waals surface area contributed by atoms with E-state index < -0.39 is 5.97 Å². The molecule has 0 aliphatic rings. The van der Waals surface area contributed by atoms with E-state index in [0.29, 0.717) is 12.2 Å². The van der Waals surface area contributed by atoms with Crippen LogP contribution in [-0.4, -0.2) is 30.4 Å². The molecule has 0 aromatic carbocycles. The molecule has 15 heavy (non-hydrogen) atoms. The van der Waals surface area contributed by atoms with Gasteiger partial charge >= 0.3 is 5.97 Å². The Labute approximate surface area is 89.3 Å². The van der Waals surface area contributed by atoms with Crippen LogP contribution in [0.15, 0.2) is 11.6 Å². The van der Waals surface area contributed by atoms with E-state index >= 15 is 0 Å². The SMILES string of the molecule is Cc1nn(Cc2csnn2)cc1C(=O)O. The van der Waals surface area contributed by atoms with Gasteiger partial charge in [-0.2, -0.15) is 5.10 Å². The molecule has 7 heteroatoms. The van der Waals surface area contributed by atoms with Crippen LogP contribution in [0.1, 0.15) is 21.7 Å². The first-order chi connectivity index (χ1) is 7.16. The fourth-order valence-electron chi connectivity index (χ4n) is 1.23. The molecule has 0 amide bonds. The number of aromatic nitrogens is 4. The van der Waals surface area contributed by atoms with Crippen LogP contribution in [0, 0.1) is 6.92 Å². The number of aromatic carboxylic acids is 1. The number of rotatable bonds is 3. The van der Waals surface area contributed by atoms with E-state index in [9.17, 15) is 4.79 Å². The maximum Gasteiger partial charge on any atom is 0.339 e. The third-order valence-electron chi connectivity index (χ3n) is 1.91. The molecule has 78 valence electrons. The summed E-state index contributed by atoms with van der Waals surface area (Å²) in [5.41, 5.74) is 1.50. The smallest absolute Gasteiger partial charge is 0.339 e. The maximum atomic E-state index is 10.8. The van der Waals surface area contributed by atoms with Crippen molar-refractivity contribution in [2.75, 3.05) is 0 Å². The summed E-state index contributed by atoms with van der Waals surface area (Å²) in [5.74, 6) is -0.963. The summed E-state index contributed by atoms with van der Waals surface area (Å²) in [5, 5.41) is 18.6. The van der Waals surface area contributed by atoms with Crippen molar-refractivity contribution in [1.82, 2.24) is 19.4 Å². The minimum atomic E-state index is -0.963. The Morgan fingerprint density at radius 2 is 2.47 bits per heavy atom. The van der Waals surface area contributed by atoms with Crippen LogP contribution in [0.25, 0.3) is 0 Å². The quantitative estimate of drug-likeness (QED) is 0.833. The highest BCUT2D eigenvalue weighted by Crippen LogP contribution is 2.07. The molecule has 0 fully saturated rings. The average molecular weight is 224 g/mol. The van der Waals surface area contributed by atoms with Gasteiger partial charge in [0, 0.05) is 11.6 Å². The lowest BCUT2D eigenvalue weighted by Gasteiger charge is -1.94. The summed E-state index contributed by atoms with van der Waals surface area (Å²) in [6, 6.07) is 0. The normalized spacial score (nSPS) is 10.5. The Bertz CT molecular complexity index is 477. The Morgan fingerprint density at radius 3 is 3.00 bits per heavy atom. The second-order valence-corrected chi connectivity index (χ2v) is 3.64. The van der Waals surface area contributed by atoms with E-state index in [-0.39, 0.29) is 5.56 Å². The fraction of sp³-hybridized carbons (Fsp3) is 0.250. The highest BCUT2D eigenvalue weighted by Gasteiger charge is 2.12. The maximum absolute atomic E-state index is 10.8. The standard InChI is InChI=1S/C8H8N4O2S/c1-5-7(8(13)14)3-12(10-5)2-6-4-15-11-9-6/h3-4H,2H2,1H3,(H,13,14). The lowest BCUT2D eigenvalue weighted by molar-refractivity contribution is 0.0696. The molecular weight excluding hydrogens is 216 g/mol. The Balaban J connectivity index is 2.23. The number of carboxylic acids is 1. The van der Waals surface area contributed by atoms with Crippen molar-refractivity contribution in [2.24, 2.45) is 0 Å². The van der Waals surface area contributed by atoms with Gasteiger partial charge in [-0.25, -0.2) is 4.79 Å². The van der Waals surface area contributed by atoms with Gasteiger partial charge in [0.05, 0.1) is 17.9 Å². The molecule has 0 atom stereocenters. The molecule has 2 heterocycles. The molecule has 0 radical (unpaired) electrons. The molecule has 0 saturated heterocycles. The molecule has 0 unspecified atom stereocenters. The number of hydrogen-bond acceptors (Lipinski definition) is 5. The lowest BCUT2D eigenvalue weighted by Crippen LogP contribution is -2.00. The minimum absolute atomic E-state index is 0.221. The molecule has 2 aromatic heterocycles. The van der Waals surface area contributed by atoms with Gasteiger partial charge in [0.15, 0.2) is 0 Å². The third-order valence-corrected chi connectivity index (χ3v) is 2.46. The number of carboxylic acid groups (broad SMARTS) is 1. The molecule has 0 bridgehead atoms. The van der Waals surface area contributed by atoms with Crippen LogP contribution < -0.4 is 0 Å². The largest absolute Gasteiger partial charge is 0.478 e. The fourth-order valence-corrected chi connectivity index (χ4v) is 1.67. The van der Waals surface area contributed by atoms with E-state index in [0.717, 1.165) is 5.69 Å². The van der Waals surface area contributed by atoms with Crippen LogP contribution in [0.2, 0.25) is 0 Å². The van der Waals surface area contributed by atoms with Gasteiger partial charge < -0.3 is 5.11 Å². The summed E-state index contributed by atoms with van der Waals surface area (Å²) in [7, 11) is 0. The summed E-state index contributed by atoms with van der Waals surface area (Å²) >= 11 is 1.26. The van der Waals surface area contributed by atoms with E-state index in [4.69, 9.17) is 5.11 Å².